The molecule has 0 spiro atoms. The molecule has 3 aromatic carbocycles. The van der Waals surface area contributed by atoms with Gasteiger partial charge in [-0.05, 0) is 46.2 Å². The van der Waals surface area contributed by atoms with E-state index in [1.807, 2.05) is 60.7 Å². The number of ether oxygens (including phenoxy) is 1. The molecular formula is C28H28N6O2. The molecule has 8 heteroatoms. The number of imidazole rings is 1. The number of hydrogen-bond donors (Lipinski definition) is 4. The average Bonchev–Trinajstić information content (AvgIpc) is 3.23. The third-order valence-electron chi connectivity index (χ3n) is 6.15. The first kappa shape index (κ1) is 23.2. The monoisotopic (exact) mass is 480 g/mol. The highest BCUT2D eigenvalue weighted by molar-refractivity contribution is 6.10. The smallest absolute Gasteiger partial charge is 0.323 e. The van der Waals surface area contributed by atoms with E-state index in [1.165, 1.54) is 0 Å². The van der Waals surface area contributed by atoms with Crippen molar-refractivity contribution in [3.8, 4) is 16.9 Å². The number of nitrogens with two attached hydrogens (primary N) is 1. The molecule has 0 saturated carbocycles. The summed E-state index contributed by atoms with van der Waals surface area (Å²) in [7, 11) is 1.59. The van der Waals surface area contributed by atoms with Crippen LogP contribution in [0.15, 0.2) is 66.9 Å². The average molecular weight is 481 g/mol. The Morgan fingerprint density at radius 3 is 2.47 bits per heavy atom. The van der Waals surface area contributed by atoms with Gasteiger partial charge in [0.25, 0.3) is 0 Å². The van der Waals surface area contributed by atoms with Crippen molar-refractivity contribution >= 4 is 45.3 Å². The third-order valence-corrected chi connectivity index (χ3v) is 6.15. The molecule has 0 unspecified atom stereocenters. The van der Waals surface area contributed by atoms with Crippen LogP contribution < -0.4 is 21.1 Å². The molecule has 0 fully saturated rings. The second-order valence-corrected chi connectivity index (χ2v) is 9.67. The number of anilines is 3. The summed E-state index contributed by atoms with van der Waals surface area (Å²) >= 11 is 0. The molecule has 0 saturated heterocycles. The first-order chi connectivity index (χ1) is 17.2. The first-order valence-corrected chi connectivity index (χ1v) is 11.6. The molecule has 0 radical (unpaired) electrons. The summed E-state index contributed by atoms with van der Waals surface area (Å²) in [5.41, 5.74) is 11.4. The van der Waals surface area contributed by atoms with Crippen molar-refractivity contribution in [2.24, 2.45) is 0 Å². The summed E-state index contributed by atoms with van der Waals surface area (Å²) in [4.78, 5) is 24.7. The molecule has 36 heavy (non-hydrogen) atoms. The number of amides is 2. The highest BCUT2D eigenvalue weighted by atomic mass is 16.5. The maximum atomic E-state index is 13.0. The zero-order valence-corrected chi connectivity index (χ0v) is 20.6. The molecule has 0 aliphatic rings. The lowest BCUT2D eigenvalue weighted by molar-refractivity contribution is 0.262. The Balaban J connectivity index is 1.47. The van der Waals surface area contributed by atoms with Crippen LogP contribution in [0.3, 0.4) is 0 Å². The Hall–Kier alpha value is -4.59. The van der Waals surface area contributed by atoms with Crippen LogP contribution in [0.25, 0.3) is 33.1 Å². The first-order valence-electron chi connectivity index (χ1n) is 11.6. The summed E-state index contributed by atoms with van der Waals surface area (Å²) in [6.07, 6.45) is 1.78. The van der Waals surface area contributed by atoms with Crippen molar-refractivity contribution < 1.29 is 9.53 Å². The molecule has 182 valence electrons. The van der Waals surface area contributed by atoms with E-state index in [-0.39, 0.29) is 11.4 Å². The lowest BCUT2D eigenvalue weighted by Gasteiger charge is -2.21. The molecule has 0 bridgehead atoms. The van der Waals surface area contributed by atoms with Gasteiger partial charge >= 0.3 is 6.03 Å². The van der Waals surface area contributed by atoms with Gasteiger partial charge in [0.05, 0.1) is 24.0 Å². The largest absolute Gasteiger partial charge is 0.495 e. The van der Waals surface area contributed by atoms with Gasteiger partial charge in [0.1, 0.15) is 5.75 Å². The maximum absolute atomic E-state index is 13.0. The van der Waals surface area contributed by atoms with Gasteiger partial charge in [-0.1, -0.05) is 57.2 Å². The van der Waals surface area contributed by atoms with Gasteiger partial charge in [0.15, 0.2) is 11.6 Å². The van der Waals surface area contributed by atoms with Gasteiger partial charge in [0.2, 0.25) is 0 Å². The molecule has 5 N–H and O–H groups in total. The number of aromatic nitrogens is 3. The van der Waals surface area contributed by atoms with Crippen LogP contribution in [0.1, 0.15) is 26.3 Å². The number of nitrogens with zero attached hydrogens (tertiary/aromatic N) is 2. The van der Waals surface area contributed by atoms with Gasteiger partial charge < -0.3 is 26.1 Å². The lowest BCUT2D eigenvalue weighted by Crippen LogP contribution is -2.21. The van der Waals surface area contributed by atoms with E-state index in [1.54, 1.807) is 13.3 Å². The van der Waals surface area contributed by atoms with E-state index in [0.717, 1.165) is 33.0 Å². The quantitative estimate of drug-likeness (QED) is 0.240. The summed E-state index contributed by atoms with van der Waals surface area (Å²) in [5, 5.41) is 7.84. The molecule has 5 aromatic rings. The third kappa shape index (κ3) is 4.40. The van der Waals surface area contributed by atoms with Crippen LogP contribution in [-0.4, -0.2) is 28.1 Å². The van der Waals surface area contributed by atoms with E-state index >= 15 is 0 Å². The summed E-state index contributed by atoms with van der Waals surface area (Å²) in [5.74, 6) is 0.926. The minimum absolute atomic E-state index is 0.0645. The number of nitrogens with one attached hydrogen (secondary N) is 3. The molecule has 8 nitrogen and oxygen atoms in total. The predicted octanol–water partition coefficient (Wildman–Crippen LogP) is 6.31. The summed E-state index contributed by atoms with van der Waals surface area (Å²) in [6.45, 7) is 6.38. The Morgan fingerprint density at radius 1 is 0.972 bits per heavy atom. The van der Waals surface area contributed by atoms with Crippen molar-refractivity contribution in [1.82, 2.24) is 15.0 Å². The molecule has 0 aliphatic carbocycles. The Bertz CT molecular complexity index is 1600. The molecule has 0 aliphatic heterocycles. The Kier molecular flexibility index (Phi) is 5.72. The number of carbonyl (C=O) groups is 1. The molecule has 2 aromatic heterocycles. The number of nitrogen functional groups attached to an aromatic ring is 1. The summed E-state index contributed by atoms with van der Waals surface area (Å²) in [6, 6.07) is 19.2. The number of benzene rings is 3. The van der Waals surface area contributed by atoms with Crippen molar-refractivity contribution in [2.75, 3.05) is 23.5 Å². The highest BCUT2D eigenvalue weighted by Crippen LogP contribution is 2.35. The number of rotatable bonds is 4. The van der Waals surface area contributed by atoms with Gasteiger partial charge in [-0.25, -0.2) is 9.78 Å². The van der Waals surface area contributed by atoms with E-state index < -0.39 is 0 Å². The van der Waals surface area contributed by atoms with Crippen LogP contribution in [-0.2, 0) is 5.41 Å². The van der Waals surface area contributed by atoms with Crippen LogP contribution in [0.5, 0.6) is 5.75 Å². The van der Waals surface area contributed by atoms with Crippen LogP contribution in [0.2, 0.25) is 0 Å². The van der Waals surface area contributed by atoms with Crippen LogP contribution in [0.4, 0.5) is 22.1 Å². The minimum Gasteiger partial charge on any atom is -0.495 e. The van der Waals surface area contributed by atoms with E-state index in [2.05, 4.69) is 46.4 Å². The molecule has 0 atom stereocenters. The minimum atomic E-state index is -0.353. The SMILES string of the molecule is COc1ccc(C(C)(C)C)cc1NC(=O)Nc1ccc(-c2cnc3nc(N)[nH]c3c2)c2ccccc12. The van der Waals surface area contributed by atoms with E-state index in [9.17, 15) is 4.79 Å². The van der Waals surface area contributed by atoms with E-state index in [4.69, 9.17) is 10.5 Å². The second kappa shape index (κ2) is 8.88. The standard InChI is InChI=1S/C28H28N6O2/c1-28(2,3)17-9-12-24(36-4)22(14-17)33-27(35)32-21-11-10-18(19-7-5-6-8-20(19)21)16-13-23-25(30-15-16)34-26(29)31-23/h5-15H,1-4H3,(H2,32,33,35)(H3,29,30,31,34). The number of aromatic amines is 1. The van der Waals surface area contributed by atoms with Gasteiger partial charge in [-0.3, -0.25) is 0 Å². The lowest BCUT2D eigenvalue weighted by atomic mass is 9.87. The fraction of sp³-hybridized carbons (Fsp3) is 0.179. The number of carbonyl (C=O) groups excluding carboxylic acids is 1. The van der Waals surface area contributed by atoms with Crippen molar-refractivity contribution in [1.29, 1.82) is 0 Å². The Labute approximate surface area is 208 Å². The summed E-state index contributed by atoms with van der Waals surface area (Å²) < 4.78 is 5.47. The molecule has 2 heterocycles. The normalized spacial score (nSPS) is 11.6. The number of fused-ring (bicyclic) bond motifs is 2. The number of hydrogen-bond acceptors (Lipinski definition) is 5. The van der Waals surface area contributed by atoms with Gasteiger partial charge in [0, 0.05) is 17.1 Å². The van der Waals surface area contributed by atoms with Gasteiger partial charge in [-0.15, -0.1) is 0 Å². The number of pyridine rings is 1. The second-order valence-electron chi connectivity index (χ2n) is 9.67. The van der Waals surface area contributed by atoms with Crippen molar-refractivity contribution in [3.05, 3.63) is 72.4 Å². The zero-order chi connectivity index (χ0) is 25.4. The molecule has 5 rings (SSSR count). The fourth-order valence-electron chi connectivity index (χ4n) is 4.27. The number of methoxy groups -OCH3 is 1. The van der Waals surface area contributed by atoms with E-state index in [0.29, 0.717) is 28.7 Å². The van der Waals surface area contributed by atoms with Crippen molar-refractivity contribution in [3.63, 3.8) is 0 Å². The van der Waals surface area contributed by atoms with Crippen LogP contribution >= 0.6 is 0 Å². The van der Waals surface area contributed by atoms with Gasteiger partial charge in [-0.2, -0.15) is 4.98 Å². The van der Waals surface area contributed by atoms with Crippen LogP contribution in [0, 0.1) is 0 Å². The zero-order valence-electron chi connectivity index (χ0n) is 20.6. The number of H-pyrrole nitrogens is 1. The fourth-order valence-corrected chi connectivity index (χ4v) is 4.27. The molecule has 2 amide bonds. The molecular weight excluding hydrogens is 452 g/mol. The predicted molar refractivity (Wildman–Crippen MR) is 146 cm³/mol. The number of urea groups is 1. The maximum Gasteiger partial charge on any atom is 0.323 e. The topological polar surface area (TPSA) is 118 Å². The Morgan fingerprint density at radius 2 is 1.72 bits per heavy atom. The highest BCUT2D eigenvalue weighted by Gasteiger charge is 2.18. The van der Waals surface area contributed by atoms with Crippen molar-refractivity contribution in [2.45, 2.75) is 26.2 Å².